The van der Waals surface area contributed by atoms with Gasteiger partial charge in [0, 0.05) is 6.26 Å². The van der Waals surface area contributed by atoms with Gasteiger partial charge >= 0.3 is 5.51 Å². The molecule has 0 amide bonds. The Morgan fingerprint density at radius 2 is 1.00 bits per heavy atom. The molecule has 0 radical (unpaired) electrons. The van der Waals surface area contributed by atoms with Crippen LogP contribution >= 0.6 is 0 Å². The van der Waals surface area contributed by atoms with Gasteiger partial charge in [0.2, 0.25) is 0 Å². The molecule has 4 atom stereocenters. The first-order valence-electron chi connectivity index (χ1n) is 6.12. The van der Waals surface area contributed by atoms with Gasteiger partial charge in [-0.25, -0.2) is 22.0 Å². The van der Waals surface area contributed by atoms with E-state index in [1.165, 1.54) is 0 Å². The van der Waals surface area contributed by atoms with E-state index in [1.54, 1.807) is 0 Å². The summed E-state index contributed by atoms with van der Waals surface area (Å²) in [6.45, 7) is 0. The molecule has 4 unspecified atom stereocenters. The number of halogens is 8. The van der Waals surface area contributed by atoms with Crippen molar-refractivity contribution in [2.45, 2.75) is 41.6 Å². The van der Waals surface area contributed by atoms with Crippen LogP contribution in [0, 0.1) is 3.91 Å². The Morgan fingerprint density at radius 3 is 1.27 bits per heavy atom. The monoisotopic (exact) mass is 461 g/mol. The van der Waals surface area contributed by atoms with Crippen LogP contribution in [0.25, 0.3) is 0 Å². The van der Waals surface area contributed by atoms with Crippen molar-refractivity contribution >= 4 is 29.5 Å². The van der Waals surface area contributed by atoms with Crippen molar-refractivity contribution in [2.24, 2.45) is 0 Å². The summed E-state index contributed by atoms with van der Waals surface area (Å²) in [7, 11) is -19.8. The van der Waals surface area contributed by atoms with E-state index in [-0.39, 0.29) is 6.26 Å². The first kappa shape index (κ1) is 23.3. The maximum absolute atomic E-state index is 13.8. The second-order valence-corrected chi connectivity index (χ2v) is 11.9. The molecule has 1 rings (SSSR count). The van der Waals surface area contributed by atoms with Gasteiger partial charge in [-0.1, -0.05) is 0 Å². The molecule has 0 N–H and O–H groups in total. The number of hydrogen-bond donors (Lipinski definition) is 0. The lowest BCUT2D eigenvalue weighted by molar-refractivity contribution is -0.0478. The summed E-state index contributed by atoms with van der Waals surface area (Å²) >= 11 is 0. The molecular weight excluding hydrogens is 452 g/mol. The maximum Gasteiger partial charge on any atom is 0.470 e. The number of rotatable bonds is 4. The Labute approximate surface area is 142 Å². The van der Waals surface area contributed by atoms with Crippen molar-refractivity contribution in [3.8, 4) is 0 Å². The summed E-state index contributed by atoms with van der Waals surface area (Å²) in [4.78, 5) is 0. The maximum atomic E-state index is 13.8. The van der Waals surface area contributed by atoms with Crippen LogP contribution in [0.2, 0.25) is 0 Å². The molecule has 0 spiro atoms. The molecule has 0 bridgehead atoms. The summed E-state index contributed by atoms with van der Waals surface area (Å²) in [6.07, 6.45) is -19.1. The van der Waals surface area contributed by atoms with E-state index in [1.807, 2.05) is 0 Å². The van der Waals surface area contributed by atoms with Crippen molar-refractivity contribution in [1.82, 2.24) is 0 Å². The Hall–Kier alpha value is -0.710. The van der Waals surface area contributed by atoms with Gasteiger partial charge in [-0.05, 0) is 0 Å². The summed E-state index contributed by atoms with van der Waals surface area (Å²) in [5.41, 5.74) is -6.54. The Morgan fingerprint density at radius 1 is 0.692 bits per heavy atom. The number of hydrogen-bond acceptors (Lipinski definition) is 6. The fourth-order valence-corrected chi connectivity index (χ4v) is 9.31. The molecule has 0 aliphatic heterocycles. The molecule has 0 saturated heterocycles. The van der Waals surface area contributed by atoms with Gasteiger partial charge in [0.25, 0.3) is 0 Å². The SMILES string of the molecule is CS(=O)(=O)[C-](S(=O)(=O)C1C(F)C(F)C(F)C(F)C1F)S(=O)(=O)C(F)(F)F. The highest BCUT2D eigenvalue weighted by molar-refractivity contribution is 8.29. The summed E-state index contributed by atoms with van der Waals surface area (Å²) < 4.78 is 171. The zero-order valence-electron chi connectivity index (χ0n) is 12.2. The zero-order chi connectivity index (χ0) is 21.0. The van der Waals surface area contributed by atoms with Gasteiger partial charge in [-0.3, -0.25) is 25.3 Å². The van der Waals surface area contributed by atoms with Crippen LogP contribution in [0.4, 0.5) is 35.1 Å². The second-order valence-electron chi connectivity index (χ2n) is 5.20. The Balaban J connectivity index is 3.72. The Kier molecular flexibility index (Phi) is 6.03. The van der Waals surface area contributed by atoms with Crippen LogP contribution in [0.3, 0.4) is 0 Å². The van der Waals surface area contributed by atoms with Crippen LogP contribution < -0.4 is 0 Å². The molecule has 1 aliphatic rings. The van der Waals surface area contributed by atoms with E-state index in [0.717, 1.165) is 0 Å². The van der Waals surface area contributed by atoms with Gasteiger partial charge < -0.3 is 0 Å². The van der Waals surface area contributed by atoms with Crippen molar-refractivity contribution in [3.63, 3.8) is 0 Å². The van der Waals surface area contributed by atoms with Crippen molar-refractivity contribution in [3.05, 3.63) is 3.91 Å². The topological polar surface area (TPSA) is 102 Å². The molecule has 1 saturated carbocycles. The van der Waals surface area contributed by atoms with E-state index in [4.69, 9.17) is 0 Å². The minimum absolute atomic E-state index is 0.343. The second kappa shape index (κ2) is 6.72. The first-order chi connectivity index (χ1) is 11.3. The van der Waals surface area contributed by atoms with E-state index < -0.39 is 75.0 Å². The number of alkyl halides is 8. The largest absolute Gasteiger partial charge is 0.470 e. The fraction of sp³-hybridized carbons (Fsp3) is 0.889. The fourth-order valence-electron chi connectivity index (χ4n) is 2.18. The summed E-state index contributed by atoms with van der Waals surface area (Å²) in [6, 6.07) is 0. The van der Waals surface area contributed by atoms with Gasteiger partial charge in [0.15, 0.2) is 40.7 Å². The molecule has 1 fully saturated rings. The zero-order valence-corrected chi connectivity index (χ0v) is 14.6. The molecular formula is C9H9F8O6S3-. The van der Waals surface area contributed by atoms with E-state index in [2.05, 4.69) is 0 Å². The minimum atomic E-state index is -7.23. The molecule has 156 valence electrons. The lowest BCUT2D eigenvalue weighted by atomic mass is 9.91. The smallest absolute Gasteiger partial charge is 0.260 e. The quantitative estimate of drug-likeness (QED) is 0.456. The molecule has 0 aromatic heterocycles. The van der Waals surface area contributed by atoms with Crippen LogP contribution in [0.15, 0.2) is 0 Å². The first-order valence-corrected chi connectivity index (χ1v) is 11.0. The molecule has 1 aliphatic carbocycles. The minimum Gasteiger partial charge on any atom is -0.260 e. The van der Waals surface area contributed by atoms with Crippen LogP contribution in [0.1, 0.15) is 0 Å². The third-order valence-electron chi connectivity index (χ3n) is 3.26. The molecule has 6 nitrogen and oxygen atoms in total. The predicted molar refractivity (Wildman–Crippen MR) is 70.2 cm³/mol. The summed E-state index contributed by atoms with van der Waals surface area (Å²) in [5.74, 6) is 0. The highest BCUT2D eigenvalue weighted by Gasteiger charge is 2.61. The normalized spacial score (nSPS) is 34.8. The van der Waals surface area contributed by atoms with Crippen molar-refractivity contribution in [2.75, 3.05) is 6.26 Å². The molecule has 17 heteroatoms. The third-order valence-corrected chi connectivity index (χ3v) is 11.1. The van der Waals surface area contributed by atoms with Gasteiger partial charge in [-0.15, -0.1) is 0 Å². The van der Waals surface area contributed by atoms with Crippen molar-refractivity contribution in [1.29, 1.82) is 0 Å². The van der Waals surface area contributed by atoms with Gasteiger partial charge in [0.05, 0.1) is 23.6 Å². The Bertz CT molecular complexity index is 834. The number of sulfone groups is 3. The summed E-state index contributed by atoms with van der Waals surface area (Å²) in [5, 5.41) is -3.87. The highest BCUT2D eigenvalue weighted by atomic mass is 32.3. The average Bonchev–Trinajstić information content (AvgIpc) is 2.39. The van der Waals surface area contributed by atoms with Gasteiger partial charge in [0.1, 0.15) is 5.25 Å². The van der Waals surface area contributed by atoms with E-state index >= 15 is 0 Å². The molecule has 26 heavy (non-hydrogen) atoms. The molecule has 0 heterocycles. The van der Waals surface area contributed by atoms with E-state index in [0.29, 0.717) is 0 Å². The average molecular weight is 461 g/mol. The lowest BCUT2D eigenvalue weighted by Crippen LogP contribution is -2.60. The standard InChI is InChI=1S/C9H9F8O6S3/c1-24(18,19)8(26(22,23)9(15,16)17)25(20,21)7-5(13)3(11)2(10)4(12)6(7)14/h2-7H,1H3/q-1. The van der Waals surface area contributed by atoms with Crippen molar-refractivity contribution < 1.29 is 60.4 Å². The molecule has 0 aromatic rings. The van der Waals surface area contributed by atoms with E-state index in [9.17, 15) is 60.4 Å². The van der Waals surface area contributed by atoms with Gasteiger partial charge in [-0.2, -0.15) is 13.2 Å². The lowest BCUT2D eigenvalue weighted by Gasteiger charge is -2.40. The molecule has 0 aromatic carbocycles. The highest BCUT2D eigenvalue weighted by Crippen LogP contribution is 2.44. The van der Waals surface area contributed by atoms with Crippen LogP contribution in [-0.4, -0.2) is 73.1 Å². The third kappa shape index (κ3) is 3.65. The van der Waals surface area contributed by atoms with Crippen LogP contribution in [0.5, 0.6) is 0 Å². The van der Waals surface area contributed by atoms with Crippen LogP contribution in [-0.2, 0) is 29.5 Å². The predicted octanol–water partition coefficient (Wildman–Crippen LogP) is 0.900.